The number of amides is 1. The van der Waals surface area contributed by atoms with Crippen LogP contribution in [-0.4, -0.2) is 18.5 Å². The SMILES string of the molecule is CCCCC(CC)C(=O)NCC(C)N. The number of rotatable bonds is 7. The predicted molar refractivity (Wildman–Crippen MR) is 60.0 cm³/mol. The minimum Gasteiger partial charge on any atom is -0.354 e. The Labute approximate surface area is 87.4 Å². The highest BCUT2D eigenvalue weighted by Crippen LogP contribution is 2.12. The molecule has 3 heteroatoms. The van der Waals surface area contributed by atoms with Crippen molar-refractivity contribution < 1.29 is 4.79 Å². The fourth-order valence-electron chi connectivity index (χ4n) is 1.38. The standard InChI is InChI=1S/C11H24N2O/c1-4-6-7-10(5-2)11(14)13-8-9(3)12/h9-10H,4-8,12H2,1-3H3,(H,13,14). The zero-order valence-corrected chi connectivity index (χ0v) is 9.68. The Morgan fingerprint density at radius 2 is 2.07 bits per heavy atom. The Bertz CT molecular complexity index is 157. The molecule has 0 aliphatic carbocycles. The van der Waals surface area contributed by atoms with Crippen molar-refractivity contribution in [1.82, 2.24) is 5.32 Å². The maximum atomic E-state index is 11.6. The molecule has 2 unspecified atom stereocenters. The molecule has 0 aliphatic heterocycles. The fraction of sp³-hybridized carbons (Fsp3) is 0.909. The van der Waals surface area contributed by atoms with Crippen LogP contribution in [0.5, 0.6) is 0 Å². The Morgan fingerprint density at radius 1 is 1.43 bits per heavy atom. The Balaban J connectivity index is 3.79. The first-order valence-corrected chi connectivity index (χ1v) is 5.65. The second-order valence-corrected chi connectivity index (χ2v) is 3.97. The normalized spacial score (nSPS) is 14.9. The molecular weight excluding hydrogens is 176 g/mol. The highest BCUT2D eigenvalue weighted by molar-refractivity contribution is 5.78. The first-order valence-electron chi connectivity index (χ1n) is 5.65. The minimum atomic E-state index is 0.0441. The quantitative estimate of drug-likeness (QED) is 0.657. The summed E-state index contributed by atoms with van der Waals surface area (Å²) in [4.78, 5) is 11.6. The monoisotopic (exact) mass is 200 g/mol. The first kappa shape index (κ1) is 13.4. The van der Waals surface area contributed by atoms with Gasteiger partial charge in [0.25, 0.3) is 0 Å². The molecule has 0 fully saturated rings. The number of carbonyl (C=O) groups is 1. The summed E-state index contributed by atoms with van der Waals surface area (Å²) in [6.45, 7) is 6.69. The van der Waals surface area contributed by atoms with E-state index in [4.69, 9.17) is 5.73 Å². The maximum Gasteiger partial charge on any atom is 0.223 e. The summed E-state index contributed by atoms with van der Waals surface area (Å²) in [6.07, 6.45) is 4.20. The molecule has 0 heterocycles. The molecule has 0 saturated carbocycles. The second-order valence-electron chi connectivity index (χ2n) is 3.97. The van der Waals surface area contributed by atoms with Crippen molar-refractivity contribution in [2.45, 2.75) is 52.5 Å². The Hall–Kier alpha value is -0.570. The van der Waals surface area contributed by atoms with E-state index in [0.717, 1.165) is 25.7 Å². The Kier molecular flexibility index (Phi) is 7.48. The van der Waals surface area contributed by atoms with Gasteiger partial charge in [0.05, 0.1) is 0 Å². The third-order valence-corrected chi connectivity index (χ3v) is 2.37. The van der Waals surface area contributed by atoms with E-state index in [0.29, 0.717) is 6.54 Å². The van der Waals surface area contributed by atoms with Crippen LogP contribution in [0.1, 0.15) is 46.5 Å². The van der Waals surface area contributed by atoms with Gasteiger partial charge < -0.3 is 11.1 Å². The predicted octanol–water partition coefficient (Wildman–Crippen LogP) is 1.67. The van der Waals surface area contributed by atoms with E-state index in [-0.39, 0.29) is 17.9 Å². The molecule has 0 aromatic carbocycles. The number of carbonyl (C=O) groups excluding carboxylic acids is 1. The van der Waals surface area contributed by atoms with Gasteiger partial charge in [0.2, 0.25) is 5.91 Å². The smallest absolute Gasteiger partial charge is 0.223 e. The summed E-state index contributed by atoms with van der Waals surface area (Å²) in [5.74, 6) is 0.340. The van der Waals surface area contributed by atoms with Gasteiger partial charge in [-0.25, -0.2) is 0 Å². The van der Waals surface area contributed by atoms with Gasteiger partial charge in [-0.3, -0.25) is 4.79 Å². The van der Waals surface area contributed by atoms with Gasteiger partial charge in [0.1, 0.15) is 0 Å². The molecule has 3 N–H and O–H groups in total. The van der Waals surface area contributed by atoms with Crippen molar-refractivity contribution in [1.29, 1.82) is 0 Å². The first-order chi connectivity index (χ1) is 6.61. The van der Waals surface area contributed by atoms with E-state index >= 15 is 0 Å². The van der Waals surface area contributed by atoms with Crippen LogP contribution >= 0.6 is 0 Å². The van der Waals surface area contributed by atoms with Gasteiger partial charge in [-0.15, -0.1) is 0 Å². The molecular formula is C11H24N2O. The molecule has 0 aromatic heterocycles. The van der Waals surface area contributed by atoms with Gasteiger partial charge >= 0.3 is 0 Å². The zero-order valence-electron chi connectivity index (χ0n) is 9.68. The lowest BCUT2D eigenvalue weighted by molar-refractivity contribution is -0.125. The minimum absolute atomic E-state index is 0.0441. The van der Waals surface area contributed by atoms with E-state index in [2.05, 4.69) is 19.2 Å². The van der Waals surface area contributed by atoms with E-state index < -0.39 is 0 Å². The van der Waals surface area contributed by atoms with Crippen molar-refractivity contribution in [3.63, 3.8) is 0 Å². The van der Waals surface area contributed by atoms with E-state index in [1.807, 2.05) is 6.92 Å². The highest BCUT2D eigenvalue weighted by atomic mass is 16.1. The van der Waals surface area contributed by atoms with Crippen molar-refractivity contribution in [2.24, 2.45) is 11.7 Å². The number of hydrogen-bond donors (Lipinski definition) is 2. The summed E-state index contributed by atoms with van der Waals surface area (Å²) in [5, 5.41) is 2.88. The van der Waals surface area contributed by atoms with Crippen molar-refractivity contribution in [2.75, 3.05) is 6.54 Å². The second kappa shape index (κ2) is 7.80. The maximum absolute atomic E-state index is 11.6. The molecule has 84 valence electrons. The van der Waals surface area contributed by atoms with Crippen LogP contribution in [-0.2, 0) is 4.79 Å². The molecule has 3 nitrogen and oxygen atoms in total. The van der Waals surface area contributed by atoms with Crippen LogP contribution in [0, 0.1) is 5.92 Å². The molecule has 0 saturated heterocycles. The van der Waals surface area contributed by atoms with E-state index in [9.17, 15) is 4.79 Å². The van der Waals surface area contributed by atoms with Crippen LogP contribution in [0.25, 0.3) is 0 Å². The number of hydrogen-bond acceptors (Lipinski definition) is 2. The Morgan fingerprint density at radius 3 is 2.50 bits per heavy atom. The van der Waals surface area contributed by atoms with Gasteiger partial charge in [-0.1, -0.05) is 26.7 Å². The third-order valence-electron chi connectivity index (χ3n) is 2.37. The van der Waals surface area contributed by atoms with Crippen LogP contribution in [0.4, 0.5) is 0 Å². The fourth-order valence-corrected chi connectivity index (χ4v) is 1.38. The van der Waals surface area contributed by atoms with Crippen molar-refractivity contribution in [3.05, 3.63) is 0 Å². The molecule has 0 radical (unpaired) electrons. The van der Waals surface area contributed by atoms with Gasteiger partial charge in [0, 0.05) is 18.5 Å². The van der Waals surface area contributed by atoms with Gasteiger partial charge in [-0.2, -0.15) is 0 Å². The zero-order chi connectivity index (χ0) is 11.0. The van der Waals surface area contributed by atoms with Gasteiger partial charge in [0.15, 0.2) is 0 Å². The van der Waals surface area contributed by atoms with Crippen LogP contribution in [0.3, 0.4) is 0 Å². The number of unbranched alkanes of at least 4 members (excludes halogenated alkanes) is 1. The lowest BCUT2D eigenvalue weighted by atomic mass is 9.98. The number of nitrogens with two attached hydrogens (primary N) is 1. The third kappa shape index (κ3) is 5.97. The molecule has 14 heavy (non-hydrogen) atoms. The molecule has 2 atom stereocenters. The molecule has 1 amide bonds. The molecule has 0 rings (SSSR count). The summed E-state index contributed by atoms with van der Waals surface area (Å²) >= 11 is 0. The largest absolute Gasteiger partial charge is 0.354 e. The van der Waals surface area contributed by atoms with Crippen LogP contribution in [0.15, 0.2) is 0 Å². The summed E-state index contributed by atoms with van der Waals surface area (Å²) in [7, 11) is 0. The lowest BCUT2D eigenvalue weighted by Crippen LogP contribution is -2.38. The average molecular weight is 200 g/mol. The molecule has 0 aromatic rings. The molecule has 0 aliphatic rings. The van der Waals surface area contributed by atoms with Gasteiger partial charge in [-0.05, 0) is 19.8 Å². The topological polar surface area (TPSA) is 55.1 Å². The summed E-state index contributed by atoms with van der Waals surface area (Å²) in [6, 6.07) is 0.0441. The summed E-state index contributed by atoms with van der Waals surface area (Å²) in [5.41, 5.74) is 5.57. The summed E-state index contributed by atoms with van der Waals surface area (Å²) < 4.78 is 0. The van der Waals surface area contributed by atoms with E-state index in [1.165, 1.54) is 0 Å². The van der Waals surface area contributed by atoms with Crippen LogP contribution < -0.4 is 11.1 Å². The average Bonchev–Trinajstić information content (AvgIpc) is 2.16. The van der Waals surface area contributed by atoms with Crippen molar-refractivity contribution in [3.8, 4) is 0 Å². The molecule has 0 spiro atoms. The highest BCUT2D eigenvalue weighted by Gasteiger charge is 2.15. The lowest BCUT2D eigenvalue weighted by Gasteiger charge is -2.15. The van der Waals surface area contributed by atoms with Crippen molar-refractivity contribution >= 4 is 5.91 Å². The van der Waals surface area contributed by atoms with E-state index in [1.54, 1.807) is 0 Å². The van der Waals surface area contributed by atoms with Crippen LogP contribution in [0.2, 0.25) is 0 Å². The number of nitrogens with one attached hydrogen (secondary N) is 1. The molecule has 0 bridgehead atoms.